The lowest BCUT2D eigenvalue weighted by Gasteiger charge is -1.99. The van der Waals surface area contributed by atoms with E-state index in [1.54, 1.807) is 0 Å². The van der Waals surface area contributed by atoms with Crippen molar-refractivity contribution in [2.75, 3.05) is 18.8 Å². The summed E-state index contributed by atoms with van der Waals surface area (Å²) < 4.78 is 2.05. The van der Waals surface area contributed by atoms with Gasteiger partial charge in [0.05, 0.1) is 4.60 Å². The Hall–Kier alpha value is -1.05. The molecule has 0 spiro atoms. The summed E-state index contributed by atoms with van der Waals surface area (Å²) in [5, 5.41) is 3.35. The molecule has 2 aromatic rings. The number of halogens is 2. The average Bonchev–Trinajstić information content (AvgIpc) is 2.91. The highest BCUT2D eigenvalue weighted by Crippen LogP contribution is 2.23. The zero-order valence-corrected chi connectivity index (χ0v) is 13.4. The fourth-order valence-electron chi connectivity index (χ4n) is 1.66. The van der Waals surface area contributed by atoms with Crippen molar-refractivity contribution >= 4 is 43.9 Å². The van der Waals surface area contributed by atoms with Gasteiger partial charge in [-0.2, -0.15) is 0 Å². The summed E-state index contributed by atoms with van der Waals surface area (Å²) >= 11 is 6.88. The van der Waals surface area contributed by atoms with Crippen LogP contribution in [0.15, 0.2) is 27.4 Å². The third kappa shape index (κ3) is 4.52. The lowest BCUT2D eigenvalue weighted by Crippen LogP contribution is -2.17. The standard InChI is InChI=1S/C12H15Br2N5/c13-10-6-8(18-11(10)14)3-5-16-4-1-2-9-7-17-12(15)19-9/h1-2,6-7,16,18H,3-5H2,(H3,15,17,19)/p+1. The minimum absolute atomic E-state index is 0.565. The molecule has 0 unspecified atom stereocenters. The van der Waals surface area contributed by atoms with Gasteiger partial charge in [-0.15, -0.1) is 0 Å². The third-order valence-electron chi connectivity index (χ3n) is 2.57. The summed E-state index contributed by atoms with van der Waals surface area (Å²) in [7, 11) is 0. The van der Waals surface area contributed by atoms with Crippen molar-refractivity contribution in [3.8, 4) is 0 Å². The highest BCUT2D eigenvalue weighted by atomic mass is 79.9. The molecule has 0 aromatic carbocycles. The Bertz CT molecular complexity index is 539. The molecule has 7 heteroatoms. The number of H-pyrrole nitrogens is 3. The molecular formula is C12H16Br2N5+. The number of nitrogen functional groups attached to an aromatic ring is 1. The molecule has 0 fully saturated rings. The van der Waals surface area contributed by atoms with E-state index < -0.39 is 0 Å². The van der Waals surface area contributed by atoms with E-state index in [2.05, 4.69) is 64.3 Å². The zero-order valence-electron chi connectivity index (χ0n) is 10.3. The van der Waals surface area contributed by atoms with Crippen LogP contribution in [-0.4, -0.2) is 23.1 Å². The van der Waals surface area contributed by atoms with E-state index in [1.165, 1.54) is 5.69 Å². The second kappa shape index (κ2) is 6.93. The van der Waals surface area contributed by atoms with Crippen LogP contribution in [0.1, 0.15) is 11.4 Å². The van der Waals surface area contributed by atoms with E-state index >= 15 is 0 Å². The Balaban J connectivity index is 1.66. The SMILES string of the molecule is Nc1[nH]c(C=CCNCCc2cc(Br)c(Br)[nH]2)c[nH+]1. The van der Waals surface area contributed by atoms with Gasteiger partial charge in [0.2, 0.25) is 0 Å². The van der Waals surface area contributed by atoms with Crippen molar-refractivity contribution in [2.24, 2.45) is 0 Å². The number of imidazole rings is 1. The van der Waals surface area contributed by atoms with Gasteiger partial charge in [0.15, 0.2) is 0 Å². The molecule has 0 bridgehead atoms. The minimum atomic E-state index is 0.565. The first-order valence-corrected chi connectivity index (χ1v) is 7.50. The van der Waals surface area contributed by atoms with Gasteiger partial charge in [-0.25, -0.2) is 9.97 Å². The number of aromatic nitrogens is 3. The summed E-state index contributed by atoms with van der Waals surface area (Å²) in [4.78, 5) is 9.13. The monoisotopic (exact) mass is 388 g/mol. The Morgan fingerprint density at radius 2 is 2.21 bits per heavy atom. The first kappa shape index (κ1) is 14.4. The molecule has 0 radical (unpaired) electrons. The molecule has 0 aliphatic carbocycles. The lowest BCUT2D eigenvalue weighted by atomic mass is 10.3. The van der Waals surface area contributed by atoms with E-state index in [9.17, 15) is 0 Å². The molecule has 0 saturated carbocycles. The van der Waals surface area contributed by atoms with Gasteiger partial charge in [-0.1, -0.05) is 6.08 Å². The maximum absolute atomic E-state index is 5.54. The highest BCUT2D eigenvalue weighted by Gasteiger charge is 2.01. The molecule has 5 nitrogen and oxygen atoms in total. The maximum Gasteiger partial charge on any atom is 0.350 e. The Morgan fingerprint density at radius 3 is 2.84 bits per heavy atom. The first-order valence-electron chi connectivity index (χ1n) is 5.91. The maximum atomic E-state index is 5.54. The molecule has 0 amide bonds. The first-order chi connectivity index (χ1) is 9.15. The Morgan fingerprint density at radius 1 is 1.37 bits per heavy atom. The fraction of sp³-hybridized carbons (Fsp3) is 0.250. The van der Waals surface area contributed by atoms with Gasteiger partial charge in [-0.05, 0) is 44.0 Å². The molecule has 2 rings (SSSR count). The molecular weight excluding hydrogens is 374 g/mol. The van der Waals surface area contributed by atoms with Crippen LogP contribution in [0.5, 0.6) is 0 Å². The highest BCUT2D eigenvalue weighted by molar-refractivity contribution is 9.13. The van der Waals surface area contributed by atoms with E-state index in [0.29, 0.717) is 5.95 Å². The number of nitrogens with one attached hydrogen (secondary N) is 4. The number of rotatable bonds is 6. The van der Waals surface area contributed by atoms with Crippen LogP contribution < -0.4 is 16.0 Å². The van der Waals surface area contributed by atoms with Crippen LogP contribution in [-0.2, 0) is 6.42 Å². The number of aromatic amines is 3. The molecule has 0 atom stereocenters. The largest absolute Gasteiger partial charge is 0.352 e. The van der Waals surface area contributed by atoms with Crippen molar-refractivity contribution in [1.82, 2.24) is 15.3 Å². The number of nitrogens with two attached hydrogens (primary N) is 1. The lowest BCUT2D eigenvalue weighted by molar-refractivity contribution is -0.358. The predicted molar refractivity (Wildman–Crippen MR) is 83.6 cm³/mol. The fourth-order valence-corrected chi connectivity index (χ4v) is 2.40. The van der Waals surface area contributed by atoms with Crippen LogP contribution in [0.3, 0.4) is 0 Å². The third-order valence-corrected chi connectivity index (χ3v) is 4.36. The van der Waals surface area contributed by atoms with E-state index in [0.717, 1.165) is 34.3 Å². The topological polar surface area (TPSA) is 83.8 Å². The van der Waals surface area contributed by atoms with Gasteiger partial charge in [0.25, 0.3) is 0 Å². The van der Waals surface area contributed by atoms with Gasteiger partial charge in [-0.3, -0.25) is 5.73 Å². The normalized spacial score (nSPS) is 11.5. The van der Waals surface area contributed by atoms with Gasteiger partial charge in [0.1, 0.15) is 11.9 Å². The van der Waals surface area contributed by atoms with Crippen LogP contribution in [0.2, 0.25) is 0 Å². The van der Waals surface area contributed by atoms with E-state index in [4.69, 9.17) is 5.73 Å². The van der Waals surface area contributed by atoms with Crippen molar-refractivity contribution in [2.45, 2.75) is 6.42 Å². The number of anilines is 1. The van der Waals surface area contributed by atoms with Crippen LogP contribution in [0.4, 0.5) is 5.95 Å². The van der Waals surface area contributed by atoms with E-state index in [-0.39, 0.29) is 0 Å². The Kier molecular flexibility index (Phi) is 5.24. The van der Waals surface area contributed by atoms with Crippen molar-refractivity contribution in [3.63, 3.8) is 0 Å². The molecule has 6 N–H and O–H groups in total. The molecule has 2 aromatic heterocycles. The summed E-state index contributed by atoms with van der Waals surface area (Å²) in [5.74, 6) is 0.565. The van der Waals surface area contributed by atoms with Crippen molar-refractivity contribution in [3.05, 3.63) is 38.8 Å². The number of hydrogen-bond donors (Lipinski definition) is 4. The molecule has 102 valence electrons. The van der Waals surface area contributed by atoms with Gasteiger partial charge < -0.3 is 10.3 Å². The van der Waals surface area contributed by atoms with Gasteiger partial charge >= 0.3 is 5.95 Å². The average molecular weight is 390 g/mol. The van der Waals surface area contributed by atoms with E-state index in [1.807, 2.05) is 12.3 Å². The smallest absolute Gasteiger partial charge is 0.350 e. The zero-order chi connectivity index (χ0) is 13.7. The molecule has 0 aliphatic rings. The molecule has 0 saturated heterocycles. The minimum Gasteiger partial charge on any atom is -0.352 e. The van der Waals surface area contributed by atoms with Crippen LogP contribution in [0.25, 0.3) is 6.08 Å². The second-order valence-corrected chi connectivity index (χ2v) is 5.74. The molecule has 2 heterocycles. The number of hydrogen-bond acceptors (Lipinski definition) is 2. The second-order valence-electron chi connectivity index (χ2n) is 4.10. The van der Waals surface area contributed by atoms with Gasteiger partial charge in [0, 0.05) is 29.7 Å². The summed E-state index contributed by atoms with van der Waals surface area (Å²) in [6.45, 7) is 1.74. The summed E-state index contributed by atoms with van der Waals surface area (Å²) in [6, 6.07) is 2.08. The molecule has 19 heavy (non-hydrogen) atoms. The summed E-state index contributed by atoms with van der Waals surface area (Å²) in [5.41, 5.74) is 7.70. The molecule has 0 aliphatic heterocycles. The predicted octanol–water partition coefficient (Wildman–Crippen LogP) is 2.11. The van der Waals surface area contributed by atoms with Crippen LogP contribution >= 0.6 is 31.9 Å². The quantitative estimate of drug-likeness (QED) is 0.570. The summed E-state index contributed by atoms with van der Waals surface area (Å²) in [6.07, 6.45) is 6.84. The van der Waals surface area contributed by atoms with Crippen LogP contribution in [0, 0.1) is 0 Å². The van der Waals surface area contributed by atoms with Crippen molar-refractivity contribution < 1.29 is 4.98 Å². The van der Waals surface area contributed by atoms with Crippen molar-refractivity contribution in [1.29, 1.82) is 0 Å². The Labute approximate surface area is 128 Å².